The molecule has 2 aliphatic heterocycles. The molecular weight excluding hydrogens is 428 g/mol. The van der Waals surface area contributed by atoms with Gasteiger partial charge in [0.1, 0.15) is 5.75 Å². The number of anilines is 1. The summed E-state index contributed by atoms with van der Waals surface area (Å²) < 4.78 is 11.6. The minimum Gasteiger partial charge on any atom is -0.497 e. The van der Waals surface area contributed by atoms with Gasteiger partial charge in [0.15, 0.2) is 10.9 Å². The van der Waals surface area contributed by atoms with Gasteiger partial charge in [0.05, 0.1) is 23.6 Å². The van der Waals surface area contributed by atoms with Gasteiger partial charge >= 0.3 is 0 Å². The summed E-state index contributed by atoms with van der Waals surface area (Å²) in [5.74, 6) is 1.33. The molecule has 0 bridgehead atoms. The van der Waals surface area contributed by atoms with E-state index in [0.717, 1.165) is 47.0 Å². The number of furan rings is 1. The molecule has 0 radical (unpaired) electrons. The van der Waals surface area contributed by atoms with Gasteiger partial charge in [-0.3, -0.25) is 9.59 Å². The highest BCUT2D eigenvalue weighted by Gasteiger charge is 2.32. The van der Waals surface area contributed by atoms with E-state index in [0.29, 0.717) is 31.9 Å². The third kappa shape index (κ3) is 4.04. The lowest BCUT2D eigenvalue weighted by atomic mass is 9.95. The zero-order chi connectivity index (χ0) is 22.1. The van der Waals surface area contributed by atoms with Crippen LogP contribution in [-0.4, -0.2) is 73.0 Å². The van der Waals surface area contributed by atoms with E-state index in [4.69, 9.17) is 14.1 Å². The Morgan fingerprint density at radius 2 is 1.81 bits per heavy atom. The molecule has 8 nitrogen and oxygen atoms in total. The summed E-state index contributed by atoms with van der Waals surface area (Å²) in [6.07, 6.45) is 3.15. The molecule has 168 valence electrons. The van der Waals surface area contributed by atoms with E-state index in [2.05, 4.69) is 4.90 Å². The van der Waals surface area contributed by atoms with Gasteiger partial charge in [0.2, 0.25) is 5.91 Å². The van der Waals surface area contributed by atoms with Crippen LogP contribution in [0, 0.1) is 5.92 Å². The number of piperazine rings is 1. The fourth-order valence-corrected chi connectivity index (χ4v) is 5.46. The van der Waals surface area contributed by atoms with E-state index < -0.39 is 0 Å². The lowest BCUT2D eigenvalue weighted by Gasteiger charge is -2.38. The number of ether oxygens (including phenoxy) is 1. The van der Waals surface area contributed by atoms with Gasteiger partial charge in [0, 0.05) is 45.2 Å². The van der Waals surface area contributed by atoms with Gasteiger partial charge in [-0.15, -0.1) is 0 Å². The van der Waals surface area contributed by atoms with Crippen molar-refractivity contribution in [3.63, 3.8) is 0 Å². The molecule has 2 fully saturated rings. The molecule has 0 saturated carbocycles. The number of hydrogen-bond donors (Lipinski definition) is 0. The zero-order valence-electron chi connectivity index (χ0n) is 18.0. The minimum atomic E-state index is -0.108. The highest BCUT2D eigenvalue weighted by molar-refractivity contribution is 7.22. The van der Waals surface area contributed by atoms with Crippen molar-refractivity contribution in [2.75, 3.05) is 51.3 Å². The van der Waals surface area contributed by atoms with Gasteiger partial charge in [-0.2, -0.15) is 0 Å². The molecule has 0 N–H and O–H groups in total. The molecule has 9 heteroatoms. The summed E-state index contributed by atoms with van der Waals surface area (Å²) in [7, 11) is 1.67. The first-order valence-electron chi connectivity index (χ1n) is 10.9. The van der Waals surface area contributed by atoms with Gasteiger partial charge in [-0.05, 0) is 43.2 Å². The SMILES string of the molecule is COc1ccc2nc(N3CCC(C(=O)N4CCN(C(=O)c5ccco5)CC4)CC3)sc2c1. The van der Waals surface area contributed by atoms with Crippen LogP contribution in [0.25, 0.3) is 10.2 Å². The topological polar surface area (TPSA) is 79.1 Å². The Morgan fingerprint density at radius 3 is 2.50 bits per heavy atom. The molecule has 2 aliphatic rings. The third-order valence-corrected chi connectivity index (χ3v) is 7.39. The summed E-state index contributed by atoms with van der Waals surface area (Å²) in [4.78, 5) is 36.2. The number of rotatable bonds is 4. The van der Waals surface area contributed by atoms with Crippen molar-refractivity contribution >= 4 is 38.5 Å². The Balaban J connectivity index is 1.14. The molecule has 2 aromatic heterocycles. The van der Waals surface area contributed by atoms with Crippen LogP contribution in [0.4, 0.5) is 5.13 Å². The van der Waals surface area contributed by atoms with Crippen molar-refractivity contribution in [2.24, 2.45) is 5.92 Å². The zero-order valence-corrected chi connectivity index (χ0v) is 18.8. The van der Waals surface area contributed by atoms with Crippen molar-refractivity contribution < 1.29 is 18.7 Å². The second kappa shape index (κ2) is 8.82. The number of hydrogen-bond acceptors (Lipinski definition) is 7. The predicted molar refractivity (Wildman–Crippen MR) is 122 cm³/mol. The van der Waals surface area contributed by atoms with Crippen LogP contribution in [0.3, 0.4) is 0 Å². The van der Waals surface area contributed by atoms with Crippen LogP contribution in [0.15, 0.2) is 41.0 Å². The number of aromatic nitrogens is 1. The van der Waals surface area contributed by atoms with Crippen LogP contribution in [0.2, 0.25) is 0 Å². The standard InChI is InChI=1S/C23H26N4O4S/c1-30-17-4-5-18-20(15-17)32-23(24-18)27-8-6-16(7-9-27)21(28)25-10-12-26(13-11-25)22(29)19-3-2-14-31-19/h2-5,14-16H,6-13H2,1H3. The molecule has 1 aromatic carbocycles. The second-order valence-corrected chi connectivity index (χ2v) is 9.20. The monoisotopic (exact) mass is 454 g/mol. The van der Waals surface area contributed by atoms with Crippen LogP contribution in [0.1, 0.15) is 23.4 Å². The number of thiazole rings is 1. The predicted octanol–water partition coefficient (Wildman–Crippen LogP) is 3.10. The fourth-order valence-electron chi connectivity index (χ4n) is 4.42. The molecule has 0 unspecified atom stereocenters. The number of carbonyl (C=O) groups excluding carboxylic acids is 2. The number of piperidine rings is 1. The Labute approximate surface area is 190 Å². The molecule has 2 saturated heterocycles. The third-order valence-electron chi connectivity index (χ3n) is 6.31. The first kappa shape index (κ1) is 20.8. The van der Waals surface area contributed by atoms with Crippen molar-refractivity contribution in [3.05, 3.63) is 42.4 Å². The Morgan fingerprint density at radius 1 is 1.06 bits per heavy atom. The van der Waals surface area contributed by atoms with Crippen LogP contribution >= 0.6 is 11.3 Å². The lowest BCUT2D eigenvalue weighted by molar-refractivity contribution is -0.137. The highest BCUT2D eigenvalue weighted by atomic mass is 32.1. The summed E-state index contributed by atoms with van der Waals surface area (Å²) in [5.41, 5.74) is 0.978. The first-order valence-corrected chi connectivity index (χ1v) is 11.7. The van der Waals surface area contributed by atoms with Crippen molar-refractivity contribution in [1.29, 1.82) is 0 Å². The van der Waals surface area contributed by atoms with Crippen molar-refractivity contribution in [3.8, 4) is 5.75 Å². The normalized spacial score (nSPS) is 17.7. The van der Waals surface area contributed by atoms with Crippen molar-refractivity contribution in [1.82, 2.24) is 14.8 Å². The number of fused-ring (bicyclic) bond motifs is 1. The van der Waals surface area contributed by atoms with Gasteiger partial charge in [-0.1, -0.05) is 11.3 Å². The summed E-state index contributed by atoms with van der Waals surface area (Å²) in [6, 6.07) is 9.32. The number of methoxy groups -OCH3 is 1. The summed E-state index contributed by atoms with van der Waals surface area (Å²) in [6.45, 7) is 3.88. The Hall–Kier alpha value is -3.07. The number of benzene rings is 1. The molecule has 5 rings (SSSR count). The maximum absolute atomic E-state index is 13.1. The Kier molecular flexibility index (Phi) is 5.73. The van der Waals surface area contributed by atoms with Crippen LogP contribution in [0.5, 0.6) is 5.75 Å². The fraction of sp³-hybridized carbons (Fsp3) is 0.435. The second-order valence-electron chi connectivity index (χ2n) is 8.19. The molecule has 32 heavy (non-hydrogen) atoms. The number of nitrogens with zero attached hydrogens (tertiary/aromatic N) is 4. The highest BCUT2D eigenvalue weighted by Crippen LogP contribution is 2.33. The van der Waals surface area contributed by atoms with E-state index in [9.17, 15) is 9.59 Å². The van der Waals surface area contributed by atoms with E-state index >= 15 is 0 Å². The molecule has 0 aliphatic carbocycles. The molecule has 4 heterocycles. The van der Waals surface area contributed by atoms with E-state index in [-0.39, 0.29) is 17.7 Å². The quantitative estimate of drug-likeness (QED) is 0.603. The van der Waals surface area contributed by atoms with Crippen LogP contribution in [-0.2, 0) is 4.79 Å². The minimum absolute atomic E-state index is 0.0352. The average molecular weight is 455 g/mol. The maximum atomic E-state index is 13.1. The van der Waals surface area contributed by atoms with E-state index in [1.807, 2.05) is 23.1 Å². The smallest absolute Gasteiger partial charge is 0.289 e. The summed E-state index contributed by atoms with van der Waals surface area (Å²) >= 11 is 1.67. The van der Waals surface area contributed by atoms with Gasteiger partial charge in [-0.25, -0.2) is 4.98 Å². The first-order chi connectivity index (χ1) is 15.6. The molecule has 0 spiro atoms. The molecule has 2 amide bonds. The molecule has 0 atom stereocenters. The van der Waals surface area contributed by atoms with Crippen molar-refractivity contribution in [2.45, 2.75) is 12.8 Å². The molecular formula is C23H26N4O4S. The van der Waals surface area contributed by atoms with Gasteiger partial charge in [0.25, 0.3) is 5.91 Å². The largest absolute Gasteiger partial charge is 0.497 e. The molecule has 3 aromatic rings. The Bertz CT molecular complexity index is 1100. The summed E-state index contributed by atoms with van der Waals surface area (Å²) in [5, 5.41) is 1.00. The number of amides is 2. The average Bonchev–Trinajstić information content (AvgIpc) is 3.53. The van der Waals surface area contributed by atoms with E-state index in [1.54, 1.807) is 35.5 Å². The van der Waals surface area contributed by atoms with Crippen LogP contribution < -0.4 is 9.64 Å². The lowest BCUT2D eigenvalue weighted by Crippen LogP contribution is -2.53. The van der Waals surface area contributed by atoms with Gasteiger partial charge < -0.3 is 23.9 Å². The maximum Gasteiger partial charge on any atom is 0.289 e. The van der Waals surface area contributed by atoms with E-state index in [1.165, 1.54) is 6.26 Å². The number of carbonyl (C=O) groups is 2.